The van der Waals surface area contributed by atoms with Crippen molar-refractivity contribution in [3.63, 3.8) is 0 Å². The molecule has 8 heavy (non-hydrogen) atoms. The molecular weight excluding hydrogens is 115 g/mol. The molecule has 2 nitrogen and oxygen atoms in total. The van der Waals surface area contributed by atoms with Crippen LogP contribution in [-0.4, -0.2) is 5.97 Å². The summed E-state index contributed by atoms with van der Waals surface area (Å²) in [6.45, 7) is 4.93. The van der Waals surface area contributed by atoms with Crippen LogP contribution in [0.15, 0.2) is 12.8 Å². The maximum atomic E-state index is 10.1. The smallest absolute Gasteiger partial charge is 1.00 e. The molecule has 0 spiro atoms. The van der Waals surface area contributed by atoms with Gasteiger partial charge in [0.05, 0.1) is 6.26 Å². The molecule has 0 aromatic heterocycles. The molecule has 0 unspecified atom stereocenters. The first-order valence-electron chi connectivity index (χ1n) is 2.11. The monoisotopic (exact) mass is 124 g/mol. The first-order valence-corrected chi connectivity index (χ1v) is 2.11. The number of esters is 1. The Kier molecular flexibility index (Phi) is 9.97. The van der Waals surface area contributed by atoms with Gasteiger partial charge in [-0.15, -0.1) is 0 Å². The molecule has 0 aromatic rings. The van der Waals surface area contributed by atoms with Gasteiger partial charge in [0.15, 0.2) is 0 Å². The molecule has 0 N–H and O–H groups in total. The van der Waals surface area contributed by atoms with Crippen LogP contribution >= 0.6 is 0 Å². The Morgan fingerprint density at radius 2 is 2.50 bits per heavy atom. The van der Waals surface area contributed by atoms with E-state index in [1.165, 1.54) is 0 Å². The minimum Gasteiger partial charge on any atom is -1.00 e. The number of carbonyl (C=O) groups excluding carboxylic acids is 1. The van der Waals surface area contributed by atoms with Crippen LogP contribution < -0.4 is 29.6 Å². The Balaban J connectivity index is -0.000000180. The summed E-state index contributed by atoms with van der Waals surface area (Å²) in [4.78, 5) is 10.1. The van der Waals surface area contributed by atoms with Crippen molar-refractivity contribution in [2.75, 3.05) is 0 Å². The Hall–Kier alpha value is 0.210. The molecular formula is C5H9NaO2. The summed E-state index contributed by atoms with van der Waals surface area (Å²) in [5.41, 5.74) is 0. The van der Waals surface area contributed by atoms with E-state index in [9.17, 15) is 4.79 Å². The Morgan fingerprint density at radius 3 is 2.62 bits per heavy atom. The van der Waals surface area contributed by atoms with Crippen LogP contribution in [0.25, 0.3) is 0 Å². The van der Waals surface area contributed by atoms with E-state index in [0.29, 0.717) is 6.42 Å². The molecule has 0 saturated heterocycles. The van der Waals surface area contributed by atoms with E-state index in [0.717, 1.165) is 6.26 Å². The average Bonchev–Trinajstić information content (AvgIpc) is 1.68. The van der Waals surface area contributed by atoms with Crippen molar-refractivity contribution >= 4 is 5.97 Å². The Labute approximate surface area is 72.7 Å². The van der Waals surface area contributed by atoms with Gasteiger partial charge in [-0.3, -0.25) is 4.79 Å². The van der Waals surface area contributed by atoms with Crippen molar-refractivity contribution in [1.82, 2.24) is 0 Å². The fraction of sp³-hybridized carbons (Fsp3) is 0.400. The van der Waals surface area contributed by atoms with E-state index in [1.54, 1.807) is 6.92 Å². The third-order valence-corrected chi connectivity index (χ3v) is 0.503. The van der Waals surface area contributed by atoms with Crippen molar-refractivity contribution in [3.05, 3.63) is 12.8 Å². The Bertz CT molecular complexity index is 85.0. The van der Waals surface area contributed by atoms with E-state index in [2.05, 4.69) is 11.3 Å². The van der Waals surface area contributed by atoms with Crippen molar-refractivity contribution in [3.8, 4) is 0 Å². The first kappa shape index (κ1) is 11.1. The number of ether oxygens (including phenoxy) is 1. The molecule has 0 amide bonds. The molecule has 0 heterocycles. The van der Waals surface area contributed by atoms with Crippen molar-refractivity contribution in [2.24, 2.45) is 0 Å². The van der Waals surface area contributed by atoms with Gasteiger partial charge in [-0.2, -0.15) is 0 Å². The second kappa shape index (κ2) is 7.21. The number of hydrogen-bond donors (Lipinski definition) is 0. The Morgan fingerprint density at radius 1 is 2.00 bits per heavy atom. The van der Waals surface area contributed by atoms with Crippen LogP contribution in [0.4, 0.5) is 0 Å². The predicted octanol–water partition coefficient (Wildman–Crippen LogP) is -1.80. The van der Waals surface area contributed by atoms with E-state index < -0.39 is 0 Å². The molecule has 0 aromatic carbocycles. The molecule has 3 heteroatoms. The first-order chi connectivity index (χ1) is 3.31. The summed E-state index contributed by atoms with van der Waals surface area (Å²) >= 11 is 0. The van der Waals surface area contributed by atoms with Crippen LogP contribution in [0.5, 0.6) is 0 Å². The molecule has 0 bridgehead atoms. The molecule has 0 saturated carbocycles. The summed E-state index contributed by atoms with van der Waals surface area (Å²) in [6, 6.07) is 0. The van der Waals surface area contributed by atoms with Crippen molar-refractivity contribution in [2.45, 2.75) is 13.3 Å². The van der Waals surface area contributed by atoms with E-state index in [1.807, 2.05) is 0 Å². The van der Waals surface area contributed by atoms with Gasteiger partial charge in [0.1, 0.15) is 0 Å². The van der Waals surface area contributed by atoms with Gasteiger partial charge in [-0.1, -0.05) is 13.5 Å². The number of hydrogen-bond acceptors (Lipinski definition) is 2. The van der Waals surface area contributed by atoms with Gasteiger partial charge in [-0.25, -0.2) is 0 Å². The molecule has 0 aliphatic carbocycles. The molecule has 42 valence electrons. The van der Waals surface area contributed by atoms with Gasteiger partial charge in [0.25, 0.3) is 0 Å². The predicted molar refractivity (Wildman–Crippen MR) is 27.7 cm³/mol. The summed E-state index contributed by atoms with van der Waals surface area (Å²) in [5, 5.41) is 0. The fourth-order valence-corrected chi connectivity index (χ4v) is 0.176. The van der Waals surface area contributed by atoms with Crippen LogP contribution in [-0.2, 0) is 9.53 Å². The van der Waals surface area contributed by atoms with Crippen LogP contribution in [0.1, 0.15) is 14.8 Å². The van der Waals surface area contributed by atoms with E-state index >= 15 is 0 Å². The summed E-state index contributed by atoms with van der Waals surface area (Å²) in [6.07, 6.45) is 1.54. The average molecular weight is 124 g/mol. The molecule has 0 rings (SSSR count). The molecule has 0 aliphatic heterocycles. The minimum atomic E-state index is -0.241. The fourth-order valence-electron chi connectivity index (χ4n) is 0.176. The normalized spacial score (nSPS) is 6.62. The maximum absolute atomic E-state index is 10.1. The SMILES string of the molecule is C=COC(=O)CC.[H-].[Na+]. The maximum Gasteiger partial charge on any atom is 1.00 e. The summed E-state index contributed by atoms with van der Waals surface area (Å²) in [7, 11) is 0. The minimum absolute atomic E-state index is 0. The van der Waals surface area contributed by atoms with Gasteiger partial charge in [-0.05, 0) is 0 Å². The third kappa shape index (κ3) is 6.21. The molecule has 0 radical (unpaired) electrons. The third-order valence-electron chi connectivity index (χ3n) is 0.503. The molecule has 0 aliphatic rings. The summed E-state index contributed by atoms with van der Waals surface area (Å²) in [5.74, 6) is -0.241. The molecule has 0 atom stereocenters. The zero-order chi connectivity index (χ0) is 5.70. The zero-order valence-electron chi connectivity index (χ0n) is 6.31. The topological polar surface area (TPSA) is 26.3 Å². The van der Waals surface area contributed by atoms with Crippen LogP contribution in [0.2, 0.25) is 0 Å². The summed E-state index contributed by atoms with van der Waals surface area (Å²) < 4.78 is 4.32. The number of rotatable bonds is 2. The standard InChI is InChI=1S/C5H8O2.Na.H/c1-3-5(6)7-4-2;;/h4H,2-3H2,1H3;;/q;+1;-1. The van der Waals surface area contributed by atoms with E-state index in [-0.39, 0.29) is 37.0 Å². The second-order valence-electron chi connectivity index (χ2n) is 1.01. The van der Waals surface area contributed by atoms with Gasteiger partial charge in [0, 0.05) is 6.42 Å². The van der Waals surface area contributed by atoms with Crippen LogP contribution in [0.3, 0.4) is 0 Å². The second-order valence-corrected chi connectivity index (χ2v) is 1.01. The number of carbonyl (C=O) groups is 1. The van der Waals surface area contributed by atoms with Gasteiger partial charge >= 0.3 is 35.5 Å². The largest absolute Gasteiger partial charge is 1.00 e. The van der Waals surface area contributed by atoms with Crippen molar-refractivity contribution in [1.29, 1.82) is 0 Å². The van der Waals surface area contributed by atoms with Gasteiger partial charge < -0.3 is 6.16 Å². The van der Waals surface area contributed by atoms with E-state index in [4.69, 9.17) is 0 Å². The van der Waals surface area contributed by atoms with Crippen LogP contribution in [0, 0.1) is 0 Å². The van der Waals surface area contributed by atoms with Crippen molar-refractivity contribution < 1.29 is 40.5 Å². The van der Waals surface area contributed by atoms with Gasteiger partial charge in [0.2, 0.25) is 0 Å². The molecule has 0 fully saturated rings. The zero-order valence-corrected chi connectivity index (χ0v) is 7.31. The quantitative estimate of drug-likeness (QED) is 0.246.